The molecule has 9 nitrogen and oxygen atoms in total. The Labute approximate surface area is 124 Å². The second kappa shape index (κ2) is 5.64. The van der Waals surface area contributed by atoms with Crippen molar-refractivity contribution >= 4 is 23.3 Å². The lowest BCUT2D eigenvalue weighted by Crippen LogP contribution is -2.04. The predicted molar refractivity (Wildman–Crippen MR) is 74.8 cm³/mol. The molecule has 0 fully saturated rings. The van der Waals surface area contributed by atoms with Crippen LogP contribution in [0.15, 0.2) is 16.5 Å². The first kappa shape index (κ1) is 13.7. The summed E-state index contributed by atoms with van der Waals surface area (Å²) >= 11 is 1.10. The van der Waals surface area contributed by atoms with Crippen LogP contribution in [0.1, 0.15) is 25.1 Å². The van der Waals surface area contributed by atoms with E-state index in [4.69, 9.17) is 5.73 Å². The van der Waals surface area contributed by atoms with Crippen LogP contribution < -0.4 is 5.73 Å². The fraction of sp³-hybridized carbons (Fsp3) is 0.455. The van der Waals surface area contributed by atoms with Gasteiger partial charge in [0.05, 0.1) is 4.92 Å². The summed E-state index contributed by atoms with van der Waals surface area (Å²) in [6.07, 6.45) is 5.37. The second-order valence-corrected chi connectivity index (χ2v) is 5.59. The monoisotopic (exact) mass is 307 g/mol. The van der Waals surface area contributed by atoms with Crippen molar-refractivity contribution in [2.24, 2.45) is 0 Å². The molecule has 2 aromatic heterocycles. The molecule has 1 aliphatic rings. The highest BCUT2D eigenvalue weighted by Crippen LogP contribution is 2.35. The minimum atomic E-state index is -0.572. The number of nitro groups is 1. The minimum Gasteiger partial charge on any atom is -0.378 e. The summed E-state index contributed by atoms with van der Waals surface area (Å²) < 4.78 is 2.00. The van der Waals surface area contributed by atoms with Crippen molar-refractivity contribution in [3.63, 3.8) is 0 Å². The molecular weight excluding hydrogens is 294 g/mol. The molecule has 0 bridgehead atoms. The summed E-state index contributed by atoms with van der Waals surface area (Å²) in [5.74, 6) is 0.771. The van der Waals surface area contributed by atoms with E-state index in [1.165, 1.54) is 6.33 Å². The number of nitrogens with two attached hydrogens (primary N) is 1. The Morgan fingerprint density at radius 2 is 2.14 bits per heavy atom. The molecule has 3 rings (SSSR count). The molecule has 0 amide bonds. The Balaban J connectivity index is 1.96. The molecule has 0 atom stereocenters. The van der Waals surface area contributed by atoms with Crippen molar-refractivity contribution < 1.29 is 4.92 Å². The lowest BCUT2D eigenvalue weighted by atomic mass is 10.2. The lowest BCUT2D eigenvalue weighted by Gasteiger charge is -2.06. The number of rotatable bonds is 3. The van der Waals surface area contributed by atoms with Gasteiger partial charge >= 0.3 is 5.69 Å². The zero-order chi connectivity index (χ0) is 14.8. The zero-order valence-electron chi connectivity index (χ0n) is 11.1. The Morgan fingerprint density at radius 1 is 1.29 bits per heavy atom. The molecule has 0 saturated carbocycles. The number of hydrogen-bond acceptors (Lipinski definition) is 8. The maximum Gasteiger partial charge on any atom is 0.343 e. The molecule has 110 valence electrons. The van der Waals surface area contributed by atoms with Crippen LogP contribution in [-0.2, 0) is 13.0 Å². The molecule has 10 heteroatoms. The van der Waals surface area contributed by atoms with Crippen molar-refractivity contribution in [1.82, 2.24) is 24.7 Å². The third kappa shape index (κ3) is 2.66. The topological polar surface area (TPSA) is 126 Å². The van der Waals surface area contributed by atoms with Crippen LogP contribution in [0.2, 0.25) is 0 Å². The van der Waals surface area contributed by atoms with Crippen molar-refractivity contribution in [1.29, 1.82) is 0 Å². The van der Waals surface area contributed by atoms with E-state index in [0.29, 0.717) is 5.16 Å². The van der Waals surface area contributed by atoms with Gasteiger partial charge in [-0.25, -0.2) is 9.97 Å². The number of nitrogens with zero attached hydrogens (tertiary/aromatic N) is 6. The molecule has 0 spiro atoms. The van der Waals surface area contributed by atoms with Crippen molar-refractivity contribution in [3.8, 4) is 0 Å². The van der Waals surface area contributed by atoms with Crippen LogP contribution in [0.5, 0.6) is 0 Å². The first-order chi connectivity index (χ1) is 10.2. The van der Waals surface area contributed by atoms with Crippen LogP contribution >= 0.6 is 11.8 Å². The SMILES string of the molecule is Nc1ncnc(Sc2nnc3n2CCCCC3)c1[N+](=O)[O-]. The van der Waals surface area contributed by atoms with Gasteiger partial charge in [-0.05, 0) is 24.6 Å². The number of hydrogen-bond donors (Lipinski definition) is 1. The normalized spacial score (nSPS) is 14.5. The number of anilines is 1. The molecule has 0 aliphatic carbocycles. The first-order valence-electron chi connectivity index (χ1n) is 6.51. The number of nitrogen functional groups attached to an aromatic ring is 1. The molecule has 1 aliphatic heterocycles. The van der Waals surface area contributed by atoms with Gasteiger partial charge < -0.3 is 10.3 Å². The van der Waals surface area contributed by atoms with Crippen LogP contribution in [0, 0.1) is 10.1 Å². The smallest absolute Gasteiger partial charge is 0.343 e. The Morgan fingerprint density at radius 3 is 2.95 bits per heavy atom. The van der Waals surface area contributed by atoms with E-state index in [9.17, 15) is 10.1 Å². The van der Waals surface area contributed by atoms with Crippen molar-refractivity contribution in [2.45, 2.75) is 42.4 Å². The van der Waals surface area contributed by atoms with E-state index in [1.807, 2.05) is 4.57 Å². The highest BCUT2D eigenvalue weighted by atomic mass is 32.2. The van der Waals surface area contributed by atoms with Gasteiger partial charge in [-0.1, -0.05) is 6.42 Å². The van der Waals surface area contributed by atoms with Crippen LogP contribution in [0.4, 0.5) is 11.5 Å². The summed E-state index contributed by atoms with van der Waals surface area (Å²) in [6.45, 7) is 0.818. The molecule has 2 N–H and O–H groups in total. The number of fused-ring (bicyclic) bond motifs is 1. The van der Waals surface area contributed by atoms with Crippen molar-refractivity contribution in [2.75, 3.05) is 5.73 Å². The Bertz CT molecular complexity index is 687. The van der Waals surface area contributed by atoms with E-state index in [2.05, 4.69) is 20.2 Å². The third-order valence-electron chi connectivity index (χ3n) is 3.26. The van der Waals surface area contributed by atoms with Gasteiger partial charge in [0, 0.05) is 13.0 Å². The molecule has 2 aromatic rings. The molecule has 0 radical (unpaired) electrons. The zero-order valence-corrected chi connectivity index (χ0v) is 11.9. The van der Waals surface area contributed by atoms with E-state index < -0.39 is 4.92 Å². The molecule has 21 heavy (non-hydrogen) atoms. The molecule has 0 aromatic carbocycles. The highest BCUT2D eigenvalue weighted by molar-refractivity contribution is 7.99. The average Bonchev–Trinajstić information content (AvgIpc) is 2.68. The summed E-state index contributed by atoms with van der Waals surface area (Å²) in [6, 6.07) is 0. The van der Waals surface area contributed by atoms with Crippen LogP contribution in [0.25, 0.3) is 0 Å². The van der Waals surface area contributed by atoms with E-state index in [1.54, 1.807) is 0 Å². The maximum absolute atomic E-state index is 11.1. The van der Waals surface area contributed by atoms with Gasteiger partial charge in [0.15, 0.2) is 10.2 Å². The largest absolute Gasteiger partial charge is 0.378 e. The summed E-state index contributed by atoms with van der Waals surface area (Å²) in [5, 5.41) is 20.2. The van der Waals surface area contributed by atoms with Gasteiger partial charge in [-0.3, -0.25) is 10.1 Å². The molecular formula is C11H13N7O2S. The number of aromatic nitrogens is 5. The van der Waals surface area contributed by atoms with E-state index in [-0.39, 0.29) is 16.5 Å². The standard InChI is InChI=1S/C11H13N7O2S/c12-9-8(18(19)20)10(14-6-13-9)21-11-16-15-7-4-2-1-3-5-17(7)11/h6H,1-5H2,(H2,12,13,14). The Hall–Kier alpha value is -2.23. The maximum atomic E-state index is 11.1. The van der Waals surface area contributed by atoms with Gasteiger partial charge in [0.1, 0.15) is 12.2 Å². The predicted octanol–water partition coefficient (Wildman–Crippen LogP) is 1.44. The first-order valence-corrected chi connectivity index (χ1v) is 7.33. The van der Waals surface area contributed by atoms with Crippen LogP contribution in [-0.4, -0.2) is 29.7 Å². The Kier molecular flexibility index (Phi) is 3.69. The van der Waals surface area contributed by atoms with E-state index >= 15 is 0 Å². The average molecular weight is 307 g/mol. The lowest BCUT2D eigenvalue weighted by molar-refractivity contribution is -0.387. The fourth-order valence-electron chi connectivity index (χ4n) is 2.24. The second-order valence-electron chi connectivity index (χ2n) is 4.63. The molecule has 0 saturated heterocycles. The van der Waals surface area contributed by atoms with Gasteiger partial charge in [-0.15, -0.1) is 10.2 Å². The van der Waals surface area contributed by atoms with Gasteiger partial charge in [-0.2, -0.15) is 0 Å². The third-order valence-corrected chi connectivity index (χ3v) is 4.24. The number of aryl methyl sites for hydroxylation is 1. The fourth-order valence-corrected chi connectivity index (χ4v) is 3.18. The van der Waals surface area contributed by atoms with Crippen molar-refractivity contribution in [3.05, 3.63) is 22.3 Å². The summed E-state index contributed by atoms with van der Waals surface area (Å²) in [4.78, 5) is 18.2. The minimum absolute atomic E-state index is 0.145. The van der Waals surface area contributed by atoms with E-state index in [0.717, 1.165) is 49.8 Å². The van der Waals surface area contributed by atoms with Gasteiger partial charge in [0.2, 0.25) is 5.82 Å². The quantitative estimate of drug-likeness (QED) is 0.512. The van der Waals surface area contributed by atoms with Gasteiger partial charge in [0.25, 0.3) is 0 Å². The molecule has 0 unspecified atom stereocenters. The highest BCUT2D eigenvalue weighted by Gasteiger charge is 2.24. The van der Waals surface area contributed by atoms with Crippen LogP contribution in [0.3, 0.4) is 0 Å². The molecule has 3 heterocycles. The summed E-state index contributed by atoms with van der Waals surface area (Å²) in [7, 11) is 0. The summed E-state index contributed by atoms with van der Waals surface area (Å²) in [5.41, 5.74) is 5.28.